The summed E-state index contributed by atoms with van der Waals surface area (Å²) in [5, 5.41) is 44.9. The minimum atomic E-state index is -2.62. The fourth-order valence-electron chi connectivity index (χ4n) is 6.06. The maximum atomic E-state index is 13.7. The number of phenolic OH excluding ortho intramolecular Hbond substituents is 1. The Kier molecular flexibility index (Phi) is 6.59. The number of aromatic hydroxyl groups is 1. The number of aliphatic hydroxyl groups is 3. The number of carbonyl (C=O) groups excluding carboxylic acids is 4. The highest BCUT2D eigenvalue weighted by atomic mass is 16.3. The quantitative estimate of drug-likeness (QED) is 0.287. The van der Waals surface area contributed by atoms with Crippen molar-refractivity contribution in [3.8, 4) is 5.75 Å². The van der Waals surface area contributed by atoms with Crippen LogP contribution in [0.3, 0.4) is 0 Å². The first-order valence-corrected chi connectivity index (χ1v) is 12.9. The minimum Gasteiger partial charge on any atom is -0.508 e. The van der Waals surface area contributed by atoms with Gasteiger partial charge in [0.25, 0.3) is 5.91 Å². The third-order valence-corrected chi connectivity index (χ3v) is 8.12. The lowest BCUT2D eigenvalue weighted by atomic mass is 9.59. The van der Waals surface area contributed by atoms with E-state index in [-0.39, 0.29) is 47.8 Å². The molecule has 1 saturated carbocycles. The second kappa shape index (κ2) is 9.08. The third kappa shape index (κ3) is 4.04. The third-order valence-electron chi connectivity index (χ3n) is 8.12. The molecule has 0 radical (unpaired) electrons. The number of ketones is 3. The van der Waals surface area contributed by atoms with E-state index in [0.717, 1.165) is 0 Å². The molecule has 0 spiro atoms. The summed E-state index contributed by atoms with van der Waals surface area (Å²) in [4.78, 5) is 51.5. The Morgan fingerprint density at radius 2 is 1.76 bits per heavy atom. The van der Waals surface area contributed by atoms with Crippen LogP contribution in [-0.4, -0.2) is 49.3 Å². The maximum Gasteiger partial charge on any atom is 0.255 e. The number of hydrogen-bond donors (Lipinski definition) is 5. The van der Waals surface area contributed by atoms with Gasteiger partial charge in [-0.25, -0.2) is 0 Å². The Morgan fingerprint density at radius 1 is 1.13 bits per heavy atom. The molecule has 6 N–H and O–H groups in total. The average Bonchev–Trinajstić information content (AvgIpc) is 2.78. The summed E-state index contributed by atoms with van der Waals surface area (Å²) in [7, 11) is 0. The van der Waals surface area contributed by atoms with Crippen LogP contribution in [0.15, 0.2) is 23.0 Å². The van der Waals surface area contributed by atoms with Crippen LogP contribution in [0.2, 0.25) is 0 Å². The van der Waals surface area contributed by atoms with Gasteiger partial charge in [-0.3, -0.25) is 19.2 Å². The Balaban J connectivity index is 1.96. The van der Waals surface area contributed by atoms with Gasteiger partial charge < -0.3 is 26.2 Å². The number of aliphatic hydroxyl groups excluding tert-OH is 2. The van der Waals surface area contributed by atoms with Crippen LogP contribution in [0.25, 0.3) is 5.76 Å². The Labute approximate surface area is 221 Å². The molecule has 3 aliphatic carbocycles. The van der Waals surface area contributed by atoms with E-state index < -0.39 is 63.8 Å². The van der Waals surface area contributed by atoms with Crippen molar-refractivity contribution < 1.29 is 39.6 Å². The van der Waals surface area contributed by atoms with Gasteiger partial charge in [0.1, 0.15) is 22.8 Å². The zero-order chi connectivity index (χ0) is 28.5. The lowest BCUT2D eigenvalue weighted by Crippen LogP contribution is -2.58. The van der Waals surface area contributed by atoms with E-state index >= 15 is 0 Å². The molecule has 0 aliphatic heterocycles. The molecule has 0 unspecified atom stereocenters. The lowest BCUT2D eigenvalue weighted by molar-refractivity contribution is -0.147. The highest BCUT2D eigenvalue weighted by Gasteiger charge is 2.60. The molecule has 0 bridgehead atoms. The van der Waals surface area contributed by atoms with E-state index in [0.29, 0.717) is 23.1 Å². The van der Waals surface area contributed by atoms with E-state index in [2.05, 4.69) is 0 Å². The van der Waals surface area contributed by atoms with Gasteiger partial charge in [0.2, 0.25) is 5.78 Å². The van der Waals surface area contributed by atoms with Crippen molar-refractivity contribution >= 4 is 29.0 Å². The maximum absolute atomic E-state index is 13.7. The number of nitrogens with two attached hydrogens (primary N) is 1. The van der Waals surface area contributed by atoms with Gasteiger partial charge in [0.15, 0.2) is 17.2 Å². The molecule has 1 aromatic carbocycles. The van der Waals surface area contributed by atoms with Crippen LogP contribution in [-0.2, 0) is 26.2 Å². The first-order chi connectivity index (χ1) is 17.5. The molecule has 9 heteroatoms. The molecular formula is C29H35NO8. The molecule has 0 aromatic heterocycles. The van der Waals surface area contributed by atoms with Crippen LogP contribution >= 0.6 is 0 Å². The average molecular weight is 526 g/mol. The van der Waals surface area contributed by atoms with Gasteiger partial charge in [-0.1, -0.05) is 34.6 Å². The fraction of sp³-hybridized carbons (Fsp3) is 0.517. The van der Waals surface area contributed by atoms with E-state index in [1.54, 1.807) is 6.07 Å². The number of benzene rings is 1. The molecule has 0 saturated heterocycles. The summed E-state index contributed by atoms with van der Waals surface area (Å²) >= 11 is 0. The molecule has 1 aromatic rings. The van der Waals surface area contributed by atoms with Crippen LogP contribution in [0.4, 0.5) is 0 Å². The zero-order valence-electron chi connectivity index (χ0n) is 22.3. The topological polar surface area (TPSA) is 175 Å². The minimum absolute atomic E-state index is 0.0182. The molecule has 3 aliphatic rings. The predicted molar refractivity (Wildman–Crippen MR) is 138 cm³/mol. The molecule has 204 valence electrons. The highest BCUT2D eigenvalue weighted by Crippen LogP contribution is 2.53. The van der Waals surface area contributed by atoms with Gasteiger partial charge >= 0.3 is 0 Å². The van der Waals surface area contributed by atoms with Gasteiger partial charge in [-0.15, -0.1) is 0 Å². The molecule has 9 nitrogen and oxygen atoms in total. The van der Waals surface area contributed by atoms with E-state index in [4.69, 9.17) is 5.73 Å². The molecule has 1 amide bonds. The first-order valence-electron chi connectivity index (χ1n) is 12.9. The van der Waals surface area contributed by atoms with Gasteiger partial charge in [0, 0.05) is 35.5 Å². The van der Waals surface area contributed by atoms with Gasteiger partial charge in [-0.2, -0.15) is 0 Å². The molecule has 0 heterocycles. The number of fused-ring (bicyclic) bond motifs is 3. The number of phenols is 1. The fourth-order valence-corrected chi connectivity index (χ4v) is 6.06. The summed E-state index contributed by atoms with van der Waals surface area (Å²) in [6, 6.07) is 1.66. The van der Waals surface area contributed by atoms with Crippen molar-refractivity contribution in [3.63, 3.8) is 0 Å². The summed E-state index contributed by atoms with van der Waals surface area (Å²) in [6.07, 6.45) is 0.653. The highest BCUT2D eigenvalue weighted by molar-refractivity contribution is 6.22. The van der Waals surface area contributed by atoms with Crippen molar-refractivity contribution in [2.75, 3.05) is 0 Å². The summed E-state index contributed by atoms with van der Waals surface area (Å²) in [6.45, 7) is 9.56. The Morgan fingerprint density at radius 3 is 2.32 bits per heavy atom. The van der Waals surface area contributed by atoms with Crippen molar-refractivity contribution in [1.29, 1.82) is 0 Å². The largest absolute Gasteiger partial charge is 0.508 e. The van der Waals surface area contributed by atoms with Crippen LogP contribution in [0.5, 0.6) is 5.75 Å². The van der Waals surface area contributed by atoms with Gasteiger partial charge in [0.05, 0.1) is 5.56 Å². The smallest absolute Gasteiger partial charge is 0.255 e. The van der Waals surface area contributed by atoms with Crippen LogP contribution in [0.1, 0.15) is 87.4 Å². The normalized spacial score (nSPS) is 25.3. The standard InChI is InChI=1S/C29H35NO8/c1-12(2)6-7-18(31)15-11-17(28(3,4)5)23(33)21-16(15)9-13-8-14-10-19(32)22(27(30)37)26(36)29(14,38)25(35)20(13)24(21)34/h11-14,33-34,36,38H,6-10H2,1-5H3,(H2,30,37)/t13-,14+,29+/m1/s1. The SMILES string of the molecule is CC(C)CCC(=O)c1cc(C(C)(C)C)c(O)c2c1C[C@H]1C[C@H]3CC(=O)C(C(N)=O)=C(O)[C@@]3(O)C(=O)C1=C2O. The molecule has 1 fully saturated rings. The molecule has 38 heavy (non-hydrogen) atoms. The van der Waals surface area contributed by atoms with Crippen molar-refractivity contribution in [3.05, 3.63) is 45.2 Å². The number of carbonyl (C=O) groups is 4. The first kappa shape index (κ1) is 27.6. The summed E-state index contributed by atoms with van der Waals surface area (Å²) < 4.78 is 0. The van der Waals surface area contributed by atoms with Gasteiger partial charge in [-0.05, 0) is 48.1 Å². The number of rotatable bonds is 5. The molecular weight excluding hydrogens is 490 g/mol. The van der Waals surface area contributed by atoms with E-state index in [1.165, 1.54) is 0 Å². The van der Waals surface area contributed by atoms with Crippen LogP contribution in [0, 0.1) is 17.8 Å². The molecule has 3 atom stereocenters. The number of Topliss-reactive ketones (excluding diaryl/α,β-unsaturated/α-hetero) is 3. The Hall–Kier alpha value is -3.46. The Bertz CT molecular complexity index is 1340. The van der Waals surface area contributed by atoms with E-state index in [1.807, 2.05) is 34.6 Å². The summed E-state index contributed by atoms with van der Waals surface area (Å²) in [5.74, 6) is -6.66. The lowest BCUT2D eigenvalue weighted by Gasteiger charge is -2.46. The number of primary amides is 1. The van der Waals surface area contributed by atoms with Crippen LogP contribution < -0.4 is 5.73 Å². The van der Waals surface area contributed by atoms with Crippen molar-refractivity contribution in [2.45, 2.75) is 77.7 Å². The number of hydrogen-bond acceptors (Lipinski definition) is 8. The molecule has 4 rings (SSSR count). The second-order valence-electron chi connectivity index (χ2n) is 12.2. The number of amides is 1. The predicted octanol–water partition coefficient (Wildman–Crippen LogP) is 3.34. The monoisotopic (exact) mass is 525 g/mol. The van der Waals surface area contributed by atoms with E-state index in [9.17, 15) is 39.6 Å². The zero-order valence-corrected chi connectivity index (χ0v) is 22.3. The summed E-state index contributed by atoms with van der Waals surface area (Å²) in [5.41, 5.74) is 2.09. The van der Waals surface area contributed by atoms with Crippen molar-refractivity contribution in [1.82, 2.24) is 0 Å². The van der Waals surface area contributed by atoms with Crippen molar-refractivity contribution in [2.24, 2.45) is 23.5 Å². The second-order valence-corrected chi connectivity index (χ2v) is 12.2.